The Morgan fingerprint density at radius 2 is 2.04 bits per heavy atom. The van der Waals surface area contributed by atoms with Crippen LogP contribution in [0.3, 0.4) is 0 Å². The molecule has 0 aromatic carbocycles. The number of halogens is 3. The van der Waals surface area contributed by atoms with Gasteiger partial charge >= 0.3 is 6.18 Å². The van der Waals surface area contributed by atoms with E-state index in [2.05, 4.69) is 20.3 Å². The summed E-state index contributed by atoms with van der Waals surface area (Å²) in [5.74, 6) is 1.39. The number of nitrogens with zero attached hydrogens (tertiary/aromatic N) is 4. The number of aromatic nitrogens is 2. The lowest BCUT2D eigenvalue weighted by molar-refractivity contribution is -0.0584. The van der Waals surface area contributed by atoms with Crippen LogP contribution in [0.5, 0.6) is 0 Å². The molecule has 124 valence electrons. The average molecular weight is 334 g/mol. The first kappa shape index (κ1) is 15.9. The zero-order chi connectivity index (χ0) is 17.2. The third-order valence-corrected chi connectivity index (χ3v) is 3.35. The highest BCUT2D eigenvalue weighted by Gasteiger charge is 2.32. The first-order valence-corrected chi connectivity index (χ1v) is 7.03. The van der Waals surface area contributed by atoms with Gasteiger partial charge in [0.2, 0.25) is 0 Å². The van der Waals surface area contributed by atoms with Crippen molar-refractivity contribution >= 4 is 17.2 Å². The first-order valence-electron chi connectivity index (χ1n) is 7.03. The highest BCUT2D eigenvalue weighted by molar-refractivity contribution is 5.97. The molecule has 24 heavy (non-hydrogen) atoms. The fourth-order valence-electron chi connectivity index (χ4n) is 2.17. The third kappa shape index (κ3) is 3.50. The molecule has 3 heterocycles. The average Bonchev–Trinajstić information content (AvgIpc) is 2.98. The number of alkyl halides is 3. The van der Waals surface area contributed by atoms with E-state index in [-0.39, 0.29) is 6.04 Å². The van der Waals surface area contributed by atoms with Crippen LogP contribution in [0.2, 0.25) is 0 Å². The van der Waals surface area contributed by atoms with Crippen LogP contribution in [0, 0.1) is 5.41 Å². The Labute approximate surface area is 135 Å². The van der Waals surface area contributed by atoms with Gasteiger partial charge in [-0.15, -0.1) is 0 Å². The minimum atomic E-state index is -4.66. The second-order valence-corrected chi connectivity index (χ2v) is 5.08. The number of aliphatic imine (C=N–C) groups is 1. The van der Waals surface area contributed by atoms with Crippen molar-refractivity contribution in [2.45, 2.75) is 12.2 Å². The Balaban J connectivity index is 1.61. The highest BCUT2D eigenvalue weighted by atomic mass is 19.4. The monoisotopic (exact) mass is 334 g/mol. The van der Waals surface area contributed by atoms with E-state index in [1.54, 1.807) is 0 Å². The van der Waals surface area contributed by atoms with E-state index in [0.29, 0.717) is 24.1 Å². The van der Waals surface area contributed by atoms with Gasteiger partial charge < -0.3 is 10.2 Å². The first-order chi connectivity index (χ1) is 11.4. The molecule has 0 bridgehead atoms. The van der Waals surface area contributed by atoms with Gasteiger partial charge in [0.25, 0.3) is 0 Å². The standard InChI is InChI=1S/C15H13F3N6/c16-15(17,18)12(19)4-5-20-10-7-21-14(22-8-10)11-9-24-6-2-1-3-13(24)23-11/h1-8,11,19-20H,9H2/b5-4-,19-12?. The van der Waals surface area contributed by atoms with Gasteiger partial charge in [-0.05, 0) is 18.2 Å². The second kappa shape index (κ2) is 6.26. The summed E-state index contributed by atoms with van der Waals surface area (Å²) in [5, 5.41) is 9.42. The molecule has 0 amide bonds. The Hall–Kier alpha value is -2.97. The van der Waals surface area contributed by atoms with Crippen LogP contribution in [0.25, 0.3) is 0 Å². The van der Waals surface area contributed by atoms with Crippen LogP contribution in [-0.2, 0) is 0 Å². The summed E-state index contributed by atoms with van der Waals surface area (Å²) >= 11 is 0. The van der Waals surface area contributed by atoms with Crippen molar-refractivity contribution in [1.29, 1.82) is 5.41 Å². The maximum absolute atomic E-state index is 12.2. The Morgan fingerprint density at radius 3 is 2.71 bits per heavy atom. The molecule has 0 radical (unpaired) electrons. The molecule has 6 nitrogen and oxygen atoms in total. The van der Waals surface area contributed by atoms with Crippen LogP contribution in [0.4, 0.5) is 18.9 Å². The largest absolute Gasteiger partial charge is 0.432 e. The number of amidine groups is 1. The Kier molecular flexibility index (Phi) is 4.15. The number of allylic oxidation sites excluding steroid dienone is 3. The van der Waals surface area contributed by atoms with E-state index in [1.165, 1.54) is 12.4 Å². The molecular formula is C15H13F3N6. The zero-order valence-corrected chi connectivity index (χ0v) is 12.3. The summed E-state index contributed by atoms with van der Waals surface area (Å²) in [6.45, 7) is 0.644. The number of anilines is 1. The molecule has 0 saturated carbocycles. The van der Waals surface area contributed by atoms with Crippen molar-refractivity contribution < 1.29 is 13.2 Å². The molecule has 0 saturated heterocycles. The predicted molar refractivity (Wildman–Crippen MR) is 83.7 cm³/mol. The van der Waals surface area contributed by atoms with E-state index < -0.39 is 11.9 Å². The molecule has 1 aromatic rings. The summed E-state index contributed by atoms with van der Waals surface area (Å²) in [6.07, 6.45) is 7.57. The molecule has 0 spiro atoms. The summed E-state index contributed by atoms with van der Waals surface area (Å²) in [6, 6.07) is -0.185. The number of rotatable bonds is 4. The second-order valence-electron chi connectivity index (χ2n) is 5.08. The minimum absolute atomic E-state index is 0.185. The molecule has 2 aliphatic heterocycles. The number of hydrogen-bond acceptors (Lipinski definition) is 6. The number of fused-ring (bicyclic) bond motifs is 1. The lowest BCUT2D eigenvalue weighted by atomic mass is 10.3. The zero-order valence-electron chi connectivity index (χ0n) is 12.3. The van der Waals surface area contributed by atoms with Crippen molar-refractivity contribution in [1.82, 2.24) is 14.9 Å². The Morgan fingerprint density at radius 1 is 1.29 bits per heavy atom. The maximum Gasteiger partial charge on any atom is 0.432 e. The smallest absolute Gasteiger partial charge is 0.359 e. The highest BCUT2D eigenvalue weighted by Crippen LogP contribution is 2.24. The minimum Gasteiger partial charge on any atom is -0.359 e. The van der Waals surface area contributed by atoms with Gasteiger partial charge in [0.1, 0.15) is 17.6 Å². The molecule has 0 aliphatic carbocycles. The van der Waals surface area contributed by atoms with Gasteiger partial charge in [-0.25, -0.2) is 9.97 Å². The lowest BCUT2D eigenvalue weighted by Crippen LogP contribution is -2.22. The summed E-state index contributed by atoms with van der Waals surface area (Å²) in [7, 11) is 0. The third-order valence-electron chi connectivity index (χ3n) is 3.35. The van der Waals surface area contributed by atoms with Crippen molar-refractivity contribution in [2.75, 3.05) is 11.9 Å². The van der Waals surface area contributed by atoms with Crippen LogP contribution >= 0.6 is 0 Å². The van der Waals surface area contributed by atoms with Crippen molar-refractivity contribution in [3.05, 3.63) is 54.9 Å². The van der Waals surface area contributed by atoms with Crippen molar-refractivity contribution in [2.24, 2.45) is 4.99 Å². The van der Waals surface area contributed by atoms with Crippen molar-refractivity contribution in [3.8, 4) is 0 Å². The molecule has 9 heteroatoms. The molecule has 0 fully saturated rings. The quantitative estimate of drug-likeness (QED) is 0.830. The summed E-state index contributed by atoms with van der Waals surface area (Å²) in [4.78, 5) is 14.9. The van der Waals surface area contributed by atoms with Crippen molar-refractivity contribution in [3.63, 3.8) is 0 Å². The van der Waals surface area contributed by atoms with Gasteiger partial charge in [-0.1, -0.05) is 6.08 Å². The topological polar surface area (TPSA) is 77.3 Å². The van der Waals surface area contributed by atoms with Gasteiger partial charge in [0.15, 0.2) is 5.82 Å². The molecule has 2 aliphatic rings. The van der Waals surface area contributed by atoms with E-state index in [1.807, 2.05) is 29.3 Å². The normalized spacial score (nSPS) is 19.5. The molecule has 2 N–H and O–H groups in total. The van der Waals surface area contributed by atoms with Crippen LogP contribution in [-0.4, -0.2) is 39.1 Å². The number of nitrogens with one attached hydrogen (secondary N) is 2. The predicted octanol–water partition coefficient (Wildman–Crippen LogP) is 2.82. The van der Waals surface area contributed by atoms with Crippen LogP contribution in [0.15, 0.2) is 54.1 Å². The van der Waals surface area contributed by atoms with Crippen LogP contribution in [0.1, 0.15) is 11.9 Å². The lowest BCUT2D eigenvalue weighted by Gasteiger charge is -2.15. The van der Waals surface area contributed by atoms with E-state index in [4.69, 9.17) is 5.41 Å². The molecular weight excluding hydrogens is 321 g/mol. The van der Waals surface area contributed by atoms with E-state index >= 15 is 0 Å². The molecule has 1 aromatic heterocycles. The molecule has 1 unspecified atom stereocenters. The van der Waals surface area contributed by atoms with Gasteiger partial charge in [0.05, 0.1) is 24.6 Å². The van der Waals surface area contributed by atoms with E-state index in [0.717, 1.165) is 12.0 Å². The molecule has 3 rings (SSSR count). The summed E-state index contributed by atoms with van der Waals surface area (Å²) in [5.41, 5.74) is -1.01. The molecule has 1 atom stereocenters. The van der Waals surface area contributed by atoms with Gasteiger partial charge in [0, 0.05) is 12.4 Å². The fraction of sp³-hybridized carbons (Fsp3) is 0.200. The van der Waals surface area contributed by atoms with E-state index in [9.17, 15) is 13.2 Å². The number of hydrogen-bond donors (Lipinski definition) is 2. The SMILES string of the molecule is N=C(/C=C\Nc1cnc(C2CN3C=CC=CC3=N2)nc1)C(F)(F)F. The summed E-state index contributed by atoms with van der Waals surface area (Å²) < 4.78 is 36.5. The van der Waals surface area contributed by atoms with Crippen LogP contribution < -0.4 is 5.32 Å². The Bertz CT molecular complexity index is 745. The van der Waals surface area contributed by atoms with Gasteiger partial charge in [-0.2, -0.15) is 13.2 Å². The van der Waals surface area contributed by atoms with Gasteiger partial charge in [-0.3, -0.25) is 10.4 Å². The fourth-order valence-corrected chi connectivity index (χ4v) is 2.17. The maximum atomic E-state index is 12.2.